The van der Waals surface area contributed by atoms with E-state index in [-0.39, 0.29) is 5.91 Å². The summed E-state index contributed by atoms with van der Waals surface area (Å²) in [6, 6.07) is 11.0. The van der Waals surface area contributed by atoms with Crippen LogP contribution in [0.15, 0.2) is 36.4 Å². The molecule has 0 aromatic heterocycles. The van der Waals surface area contributed by atoms with Crippen LogP contribution in [0.1, 0.15) is 6.92 Å². The Bertz CT molecular complexity index is 947. The molecule has 2 fully saturated rings. The molecule has 2 heterocycles. The highest BCUT2D eigenvalue weighted by Gasteiger charge is 2.22. The lowest BCUT2D eigenvalue weighted by Gasteiger charge is -2.33. The second-order valence-corrected chi connectivity index (χ2v) is 8.57. The fourth-order valence-electron chi connectivity index (χ4n) is 3.76. The van der Waals surface area contributed by atoms with Crippen LogP contribution in [0.25, 0.3) is 0 Å². The molecule has 1 N–H and O–H groups in total. The van der Waals surface area contributed by atoms with Gasteiger partial charge in [-0.3, -0.25) is 4.79 Å². The van der Waals surface area contributed by atoms with Crippen molar-refractivity contribution in [2.45, 2.75) is 13.0 Å². The van der Waals surface area contributed by atoms with Crippen LogP contribution < -0.4 is 19.9 Å². The average Bonchev–Trinajstić information content (AvgIpc) is 2.82. The minimum absolute atomic E-state index is 0.260. The molecule has 9 heteroatoms. The predicted octanol–water partition coefficient (Wildman–Crippen LogP) is 4.07. The molecule has 2 aliphatic heterocycles. The maximum Gasteiger partial charge on any atom is 0.265 e. The van der Waals surface area contributed by atoms with Crippen LogP contribution in [-0.4, -0.2) is 64.6 Å². The van der Waals surface area contributed by atoms with Gasteiger partial charge in [-0.15, -0.1) is 0 Å². The van der Waals surface area contributed by atoms with Gasteiger partial charge in [0.2, 0.25) is 0 Å². The van der Waals surface area contributed by atoms with E-state index in [1.165, 1.54) is 0 Å². The van der Waals surface area contributed by atoms with E-state index in [1.807, 2.05) is 12.1 Å². The van der Waals surface area contributed by atoms with Gasteiger partial charge in [-0.1, -0.05) is 23.2 Å². The Labute approximate surface area is 198 Å². The summed E-state index contributed by atoms with van der Waals surface area (Å²) in [5.74, 6) is 0.152. The molecule has 2 aromatic rings. The van der Waals surface area contributed by atoms with Gasteiger partial charge in [-0.05, 0) is 43.3 Å². The minimum atomic E-state index is -0.745. The lowest BCUT2D eigenvalue weighted by molar-refractivity contribution is -0.122. The van der Waals surface area contributed by atoms with Crippen LogP contribution in [0.3, 0.4) is 0 Å². The molecule has 4 rings (SSSR count). The van der Waals surface area contributed by atoms with Gasteiger partial charge in [0.15, 0.2) is 6.10 Å². The number of benzene rings is 2. The number of halogens is 2. The van der Waals surface area contributed by atoms with Crippen molar-refractivity contribution >= 4 is 46.2 Å². The lowest BCUT2D eigenvalue weighted by atomic mass is 10.1. The van der Waals surface area contributed by atoms with Gasteiger partial charge in [0, 0.05) is 36.9 Å². The van der Waals surface area contributed by atoms with Crippen molar-refractivity contribution in [3.63, 3.8) is 0 Å². The van der Waals surface area contributed by atoms with Crippen molar-refractivity contribution in [1.29, 1.82) is 0 Å². The SMILES string of the molecule is CC(Oc1ccc(Cl)cc1Cl)C(=O)Nc1ccc(N2CCOCC2)cc1N1CCOCC1. The first-order valence-corrected chi connectivity index (χ1v) is 11.5. The molecule has 0 spiro atoms. The normalized spacial score (nSPS) is 17.7. The van der Waals surface area contributed by atoms with Gasteiger partial charge in [-0.25, -0.2) is 0 Å². The van der Waals surface area contributed by atoms with Crippen LogP contribution in [0.2, 0.25) is 10.0 Å². The molecular weight excluding hydrogens is 453 g/mol. The quantitative estimate of drug-likeness (QED) is 0.673. The number of morpholine rings is 2. The Balaban J connectivity index is 1.52. The van der Waals surface area contributed by atoms with Crippen LogP contribution in [-0.2, 0) is 14.3 Å². The summed E-state index contributed by atoms with van der Waals surface area (Å²) in [5, 5.41) is 3.90. The summed E-state index contributed by atoms with van der Waals surface area (Å²) in [6.07, 6.45) is -0.745. The fraction of sp³-hybridized carbons (Fsp3) is 0.435. The lowest BCUT2D eigenvalue weighted by Crippen LogP contribution is -2.38. The molecular formula is C23H27Cl2N3O4. The second kappa shape index (κ2) is 10.6. The molecule has 1 atom stereocenters. The van der Waals surface area contributed by atoms with Gasteiger partial charge in [0.1, 0.15) is 5.75 Å². The zero-order valence-corrected chi connectivity index (χ0v) is 19.5. The zero-order chi connectivity index (χ0) is 22.5. The monoisotopic (exact) mass is 479 g/mol. The summed E-state index contributed by atoms with van der Waals surface area (Å²) in [5.41, 5.74) is 2.83. The third-order valence-electron chi connectivity index (χ3n) is 5.53. The Morgan fingerprint density at radius 1 is 0.969 bits per heavy atom. The number of amides is 1. The molecule has 2 saturated heterocycles. The van der Waals surface area contributed by atoms with E-state index >= 15 is 0 Å². The molecule has 172 valence electrons. The number of nitrogens with zero attached hydrogens (tertiary/aromatic N) is 2. The number of rotatable bonds is 6. The summed E-state index contributed by atoms with van der Waals surface area (Å²) >= 11 is 12.1. The first-order valence-electron chi connectivity index (χ1n) is 10.7. The molecule has 0 bridgehead atoms. The highest BCUT2D eigenvalue weighted by molar-refractivity contribution is 6.35. The average molecular weight is 480 g/mol. The van der Waals surface area contributed by atoms with Gasteiger partial charge in [0.05, 0.1) is 42.8 Å². The van der Waals surface area contributed by atoms with Crippen LogP contribution >= 0.6 is 23.2 Å². The maximum absolute atomic E-state index is 12.9. The van der Waals surface area contributed by atoms with Crippen LogP contribution in [0.5, 0.6) is 5.75 Å². The van der Waals surface area contributed by atoms with E-state index in [0.29, 0.717) is 42.2 Å². The third-order valence-corrected chi connectivity index (χ3v) is 6.06. The molecule has 1 amide bonds. The number of anilines is 3. The highest BCUT2D eigenvalue weighted by atomic mass is 35.5. The Hall–Kier alpha value is -2.19. The minimum Gasteiger partial charge on any atom is -0.479 e. The van der Waals surface area contributed by atoms with Gasteiger partial charge in [-0.2, -0.15) is 0 Å². The molecule has 0 saturated carbocycles. The summed E-state index contributed by atoms with van der Waals surface area (Å²) < 4.78 is 16.8. The molecule has 0 radical (unpaired) electrons. The molecule has 1 unspecified atom stereocenters. The second-order valence-electron chi connectivity index (χ2n) is 7.72. The Morgan fingerprint density at radius 3 is 2.28 bits per heavy atom. The van der Waals surface area contributed by atoms with Crippen molar-refractivity contribution in [1.82, 2.24) is 0 Å². The number of hydrogen-bond acceptors (Lipinski definition) is 6. The van der Waals surface area contributed by atoms with E-state index in [1.54, 1.807) is 25.1 Å². The summed E-state index contributed by atoms with van der Waals surface area (Å²) in [4.78, 5) is 17.5. The van der Waals surface area contributed by atoms with Crippen molar-refractivity contribution < 1.29 is 19.0 Å². The number of ether oxygens (including phenoxy) is 3. The molecule has 0 aliphatic carbocycles. The molecule has 7 nitrogen and oxygen atoms in total. The van der Waals surface area contributed by atoms with Gasteiger partial charge in [0.25, 0.3) is 5.91 Å². The first kappa shape index (κ1) is 23.0. The van der Waals surface area contributed by atoms with Gasteiger partial charge < -0.3 is 29.3 Å². The third kappa shape index (κ3) is 5.59. The van der Waals surface area contributed by atoms with Crippen molar-refractivity contribution in [3.05, 3.63) is 46.4 Å². The number of hydrogen-bond donors (Lipinski definition) is 1. The largest absolute Gasteiger partial charge is 0.479 e. The Kier molecular flexibility index (Phi) is 7.63. The fourth-order valence-corrected chi connectivity index (χ4v) is 4.21. The van der Waals surface area contributed by atoms with Crippen LogP contribution in [0.4, 0.5) is 17.1 Å². The van der Waals surface area contributed by atoms with Gasteiger partial charge >= 0.3 is 0 Å². The first-order chi connectivity index (χ1) is 15.5. The Morgan fingerprint density at radius 2 is 1.62 bits per heavy atom. The summed E-state index contributed by atoms with van der Waals surface area (Å²) in [7, 11) is 0. The highest BCUT2D eigenvalue weighted by Crippen LogP contribution is 2.33. The van der Waals surface area contributed by atoms with E-state index in [0.717, 1.165) is 43.2 Å². The smallest absolute Gasteiger partial charge is 0.265 e. The topological polar surface area (TPSA) is 63.3 Å². The van der Waals surface area contributed by atoms with Crippen molar-refractivity contribution in [2.24, 2.45) is 0 Å². The zero-order valence-electron chi connectivity index (χ0n) is 18.0. The predicted molar refractivity (Wildman–Crippen MR) is 128 cm³/mol. The van der Waals surface area contributed by atoms with E-state index in [9.17, 15) is 4.79 Å². The molecule has 32 heavy (non-hydrogen) atoms. The van der Waals surface area contributed by atoms with Crippen molar-refractivity contribution in [2.75, 3.05) is 67.7 Å². The number of carbonyl (C=O) groups excluding carboxylic acids is 1. The molecule has 2 aliphatic rings. The van der Waals surface area contributed by atoms with Crippen LogP contribution in [0, 0.1) is 0 Å². The number of nitrogens with one attached hydrogen (secondary N) is 1. The van der Waals surface area contributed by atoms with E-state index < -0.39 is 6.10 Å². The van der Waals surface area contributed by atoms with E-state index in [2.05, 4.69) is 21.2 Å². The standard InChI is InChI=1S/C23H27Cl2N3O4/c1-16(32-22-5-2-17(24)14-19(22)25)23(29)26-20-4-3-18(27-6-10-30-11-7-27)15-21(20)28-8-12-31-13-9-28/h2-5,14-16H,6-13H2,1H3,(H,26,29). The van der Waals surface area contributed by atoms with E-state index in [4.69, 9.17) is 37.4 Å². The molecule has 2 aromatic carbocycles. The number of carbonyl (C=O) groups is 1. The summed E-state index contributed by atoms with van der Waals surface area (Å²) in [6.45, 7) is 7.66. The maximum atomic E-state index is 12.9. The van der Waals surface area contributed by atoms with Crippen molar-refractivity contribution in [3.8, 4) is 5.75 Å².